The fourth-order valence-corrected chi connectivity index (χ4v) is 2.06. The van der Waals surface area contributed by atoms with Gasteiger partial charge in [0.1, 0.15) is 11.4 Å². The van der Waals surface area contributed by atoms with E-state index >= 15 is 0 Å². The molecule has 2 aromatic heterocycles. The summed E-state index contributed by atoms with van der Waals surface area (Å²) in [5.41, 5.74) is 1.75. The number of rotatable bonds is 3. The quantitative estimate of drug-likeness (QED) is 0.760. The van der Waals surface area contributed by atoms with Crippen molar-refractivity contribution < 1.29 is 19.8 Å². The van der Waals surface area contributed by atoms with E-state index in [1.54, 1.807) is 30.6 Å². The van der Waals surface area contributed by atoms with E-state index in [2.05, 4.69) is 15.0 Å². The van der Waals surface area contributed by atoms with E-state index in [1.807, 2.05) is 0 Å². The molecule has 0 unspecified atom stereocenters. The van der Waals surface area contributed by atoms with Crippen LogP contribution in [0.4, 0.5) is 0 Å². The first kappa shape index (κ1) is 13.6. The van der Waals surface area contributed by atoms with Crippen LogP contribution in [-0.4, -0.2) is 37.1 Å². The van der Waals surface area contributed by atoms with Gasteiger partial charge in [-0.2, -0.15) is 0 Å². The molecule has 2 heterocycles. The average Bonchev–Trinajstić information content (AvgIpc) is 2.53. The number of aromatic nitrogens is 3. The van der Waals surface area contributed by atoms with Crippen molar-refractivity contribution in [3.63, 3.8) is 0 Å². The fourth-order valence-electron chi connectivity index (χ4n) is 2.06. The number of hydrogen-bond donors (Lipinski definition) is 2. The zero-order chi connectivity index (χ0) is 15.7. The summed E-state index contributed by atoms with van der Waals surface area (Å²) in [4.78, 5) is 34.1. The lowest BCUT2D eigenvalue weighted by Gasteiger charge is -2.06. The maximum Gasteiger partial charge on any atom is 0.354 e. The Balaban J connectivity index is 2.20. The molecule has 2 N–H and O–H groups in total. The molecule has 7 nitrogen and oxygen atoms in total. The van der Waals surface area contributed by atoms with Crippen LogP contribution >= 0.6 is 0 Å². The van der Waals surface area contributed by atoms with Gasteiger partial charge in [-0.25, -0.2) is 14.6 Å². The Kier molecular flexibility index (Phi) is 3.23. The lowest BCUT2D eigenvalue weighted by atomic mass is 10.0. The summed E-state index contributed by atoms with van der Waals surface area (Å²) in [5, 5.41) is 18.1. The normalized spacial score (nSPS) is 10.5. The van der Waals surface area contributed by atoms with E-state index in [9.17, 15) is 9.59 Å². The molecule has 0 atom stereocenters. The van der Waals surface area contributed by atoms with Gasteiger partial charge in [0.25, 0.3) is 0 Å². The molecule has 108 valence electrons. The maximum absolute atomic E-state index is 11.1. The SMILES string of the molecule is O=C(O)c1cc(-c2ccc3nccnc3c2)cc(C(=O)O)n1. The molecule has 3 aromatic rings. The van der Waals surface area contributed by atoms with E-state index < -0.39 is 11.9 Å². The predicted octanol–water partition coefficient (Wildman–Crippen LogP) is 2.09. The highest BCUT2D eigenvalue weighted by atomic mass is 16.4. The molecule has 7 heteroatoms. The summed E-state index contributed by atoms with van der Waals surface area (Å²) in [5.74, 6) is -2.57. The molecule has 3 rings (SSSR count). The summed E-state index contributed by atoms with van der Waals surface area (Å²) >= 11 is 0. The first-order chi connectivity index (χ1) is 10.5. The van der Waals surface area contributed by atoms with Crippen molar-refractivity contribution in [2.24, 2.45) is 0 Å². The number of nitrogens with zero attached hydrogens (tertiary/aromatic N) is 3. The van der Waals surface area contributed by atoms with Gasteiger partial charge in [0.2, 0.25) is 0 Å². The van der Waals surface area contributed by atoms with Crippen molar-refractivity contribution in [3.05, 3.63) is 54.1 Å². The lowest BCUT2D eigenvalue weighted by Crippen LogP contribution is -2.07. The van der Waals surface area contributed by atoms with E-state index in [-0.39, 0.29) is 11.4 Å². The summed E-state index contributed by atoms with van der Waals surface area (Å²) in [7, 11) is 0. The van der Waals surface area contributed by atoms with E-state index in [4.69, 9.17) is 10.2 Å². The maximum atomic E-state index is 11.1. The molecular weight excluding hydrogens is 286 g/mol. The second kappa shape index (κ2) is 5.21. The zero-order valence-electron chi connectivity index (χ0n) is 11.1. The Hall–Kier alpha value is -3.35. The largest absolute Gasteiger partial charge is 0.477 e. The van der Waals surface area contributed by atoms with Crippen molar-refractivity contribution in [2.45, 2.75) is 0 Å². The van der Waals surface area contributed by atoms with Gasteiger partial charge in [0.05, 0.1) is 11.0 Å². The van der Waals surface area contributed by atoms with Crippen LogP contribution in [0.2, 0.25) is 0 Å². The number of carboxylic acids is 2. The molecule has 0 bridgehead atoms. The number of fused-ring (bicyclic) bond motifs is 1. The third-order valence-electron chi connectivity index (χ3n) is 3.07. The monoisotopic (exact) mass is 295 g/mol. The smallest absolute Gasteiger partial charge is 0.354 e. The zero-order valence-corrected chi connectivity index (χ0v) is 11.1. The van der Waals surface area contributed by atoms with Crippen molar-refractivity contribution in [2.75, 3.05) is 0 Å². The highest BCUT2D eigenvalue weighted by Gasteiger charge is 2.14. The lowest BCUT2D eigenvalue weighted by molar-refractivity contribution is 0.0685. The van der Waals surface area contributed by atoms with Gasteiger partial charge in [-0.3, -0.25) is 9.97 Å². The molecule has 1 aromatic carbocycles. The van der Waals surface area contributed by atoms with Crippen molar-refractivity contribution in [1.29, 1.82) is 0 Å². The number of carbonyl (C=O) groups is 2. The van der Waals surface area contributed by atoms with E-state index in [0.717, 1.165) is 0 Å². The molecular formula is C15H9N3O4. The second-order valence-electron chi connectivity index (χ2n) is 4.50. The topological polar surface area (TPSA) is 113 Å². The van der Waals surface area contributed by atoms with Gasteiger partial charge < -0.3 is 10.2 Å². The van der Waals surface area contributed by atoms with E-state index in [1.165, 1.54) is 12.1 Å². The Bertz CT molecular complexity index is 876. The third-order valence-corrected chi connectivity index (χ3v) is 3.07. The Morgan fingerprint density at radius 1 is 0.773 bits per heavy atom. The van der Waals surface area contributed by atoms with Gasteiger partial charge in [-0.05, 0) is 35.4 Å². The van der Waals surface area contributed by atoms with Gasteiger partial charge in [-0.1, -0.05) is 6.07 Å². The Morgan fingerprint density at radius 3 is 1.95 bits per heavy atom. The molecule has 0 aliphatic rings. The van der Waals surface area contributed by atoms with Crippen LogP contribution in [0.1, 0.15) is 21.0 Å². The van der Waals surface area contributed by atoms with Crippen LogP contribution in [0.3, 0.4) is 0 Å². The number of benzene rings is 1. The van der Waals surface area contributed by atoms with Gasteiger partial charge in [0, 0.05) is 12.4 Å². The molecule has 0 amide bonds. The van der Waals surface area contributed by atoms with Crippen LogP contribution in [0, 0.1) is 0 Å². The van der Waals surface area contributed by atoms with Gasteiger partial charge in [0.15, 0.2) is 0 Å². The summed E-state index contributed by atoms with van der Waals surface area (Å²) in [6, 6.07) is 7.83. The highest BCUT2D eigenvalue weighted by Crippen LogP contribution is 2.24. The third kappa shape index (κ3) is 2.47. The van der Waals surface area contributed by atoms with Crippen LogP contribution in [-0.2, 0) is 0 Å². The number of hydrogen-bond acceptors (Lipinski definition) is 5. The second-order valence-corrected chi connectivity index (χ2v) is 4.50. The minimum Gasteiger partial charge on any atom is -0.477 e. The van der Waals surface area contributed by atoms with Crippen LogP contribution in [0.15, 0.2) is 42.7 Å². The van der Waals surface area contributed by atoms with Crippen LogP contribution < -0.4 is 0 Å². The minimum atomic E-state index is -1.29. The number of pyridine rings is 1. The summed E-state index contributed by atoms with van der Waals surface area (Å²) < 4.78 is 0. The summed E-state index contributed by atoms with van der Waals surface area (Å²) in [6.45, 7) is 0. The molecule has 0 saturated heterocycles. The van der Waals surface area contributed by atoms with Crippen molar-refractivity contribution in [3.8, 4) is 11.1 Å². The van der Waals surface area contributed by atoms with Crippen LogP contribution in [0.25, 0.3) is 22.2 Å². The van der Waals surface area contributed by atoms with Gasteiger partial charge in [-0.15, -0.1) is 0 Å². The molecule has 0 aliphatic carbocycles. The van der Waals surface area contributed by atoms with E-state index in [0.29, 0.717) is 22.2 Å². The van der Waals surface area contributed by atoms with Crippen molar-refractivity contribution in [1.82, 2.24) is 15.0 Å². The minimum absolute atomic E-state index is 0.325. The first-order valence-corrected chi connectivity index (χ1v) is 6.24. The summed E-state index contributed by atoms with van der Waals surface area (Å²) in [6.07, 6.45) is 3.11. The molecule has 22 heavy (non-hydrogen) atoms. The molecule has 0 radical (unpaired) electrons. The first-order valence-electron chi connectivity index (χ1n) is 6.24. The highest BCUT2D eigenvalue weighted by molar-refractivity contribution is 5.93. The molecule has 0 aliphatic heterocycles. The van der Waals surface area contributed by atoms with Gasteiger partial charge >= 0.3 is 11.9 Å². The number of carboxylic acid groups (broad SMARTS) is 2. The number of aromatic carboxylic acids is 2. The fraction of sp³-hybridized carbons (Fsp3) is 0. The molecule has 0 fully saturated rings. The van der Waals surface area contributed by atoms with Crippen LogP contribution in [0.5, 0.6) is 0 Å². The predicted molar refractivity (Wildman–Crippen MR) is 76.7 cm³/mol. The Labute approximate surface area is 123 Å². The average molecular weight is 295 g/mol. The van der Waals surface area contributed by atoms with Crippen molar-refractivity contribution >= 4 is 23.0 Å². The Morgan fingerprint density at radius 2 is 1.36 bits per heavy atom. The molecule has 0 saturated carbocycles. The molecule has 0 spiro atoms. The standard InChI is InChI=1S/C15H9N3O4/c19-14(20)12-6-9(7-13(18-12)15(21)22)8-1-2-10-11(5-8)17-4-3-16-10/h1-7H,(H,19,20)(H,21,22).